The highest BCUT2D eigenvalue weighted by Gasteiger charge is 2.09. The molecule has 3 aromatic rings. The zero-order valence-corrected chi connectivity index (χ0v) is 13.5. The number of aliphatic imine (C=N–C) groups is 1. The number of aromatic nitrogens is 1. The summed E-state index contributed by atoms with van der Waals surface area (Å²) < 4.78 is 0. The fraction of sp³-hybridized carbons (Fsp3) is 0.0588. The van der Waals surface area contributed by atoms with Crippen LogP contribution in [0, 0.1) is 6.92 Å². The summed E-state index contributed by atoms with van der Waals surface area (Å²) in [6.07, 6.45) is 1.43. The molecule has 0 bridgehead atoms. The van der Waals surface area contributed by atoms with Crippen molar-refractivity contribution in [1.82, 2.24) is 10.4 Å². The van der Waals surface area contributed by atoms with E-state index >= 15 is 0 Å². The number of benzene rings is 2. The van der Waals surface area contributed by atoms with Gasteiger partial charge in [0, 0.05) is 5.39 Å². The number of guanidine groups is 1. The summed E-state index contributed by atoms with van der Waals surface area (Å²) in [5.41, 5.74) is 17.5. The van der Waals surface area contributed by atoms with E-state index in [2.05, 4.69) is 20.5 Å². The van der Waals surface area contributed by atoms with Gasteiger partial charge in [0.15, 0.2) is 17.3 Å². The summed E-state index contributed by atoms with van der Waals surface area (Å²) >= 11 is 0. The van der Waals surface area contributed by atoms with Gasteiger partial charge in [0.05, 0.1) is 17.4 Å². The molecule has 0 unspecified atom stereocenters. The molecule has 0 amide bonds. The Labute approximate surface area is 143 Å². The van der Waals surface area contributed by atoms with E-state index in [1.807, 2.05) is 25.1 Å². The number of nitrogens with two attached hydrogens (primary N) is 2. The highest BCUT2D eigenvalue weighted by atomic mass is 16.3. The number of nitrogens with one attached hydrogen (secondary N) is 2. The Hall–Kier alpha value is -3.68. The number of aryl methyl sites for hydroxylation is 1. The second-order valence-electron chi connectivity index (χ2n) is 5.50. The standard InChI is InChI=1S/C17H18N6O2/c1-9-3-2-4-11-14(18)16(21-15(9)11)22-17(19)23-20-8-10-5-6-12(24)13(25)7-10/h2-8,21,24-25H,18H2,1H3,(H3,19,22,23)/b20-8+. The lowest BCUT2D eigenvalue weighted by Crippen LogP contribution is -2.26. The molecule has 0 aliphatic carbocycles. The van der Waals surface area contributed by atoms with Gasteiger partial charge in [0.2, 0.25) is 5.96 Å². The molecule has 128 valence electrons. The van der Waals surface area contributed by atoms with Gasteiger partial charge in [-0.2, -0.15) is 10.1 Å². The van der Waals surface area contributed by atoms with E-state index in [1.54, 1.807) is 6.07 Å². The molecule has 0 radical (unpaired) electrons. The lowest BCUT2D eigenvalue weighted by atomic mass is 10.1. The quantitative estimate of drug-likeness (QED) is 0.187. The Balaban J connectivity index is 1.78. The normalized spacial score (nSPS) is 12.1. The van der Waals surface area contributed by atoms with Crippen molar-refractivity contribution in [3.05, 3.63) is 47.5 Å². The van der Waals surface area contributed by atoms with Gasteiger partial charge in [-0.05, 0) is 36.2 Å². The second kappa shape index (κ2) is 6.44. The summed E-state index contributed by atoms with van der Waals surface area (Å²) in [4.78, 5) is 7.34. The zero-order chi connectivity index (χ0) is 18.0. The Kier molecular flexibility index (Phi) is 4.17. The first-order valence-corrected chi connectivity index (χ1v) is 7.47. The van der Waals surface area contributed by atoms with Crippen LogP contribution in [0.1, 0.15) is 11.1 Å². The minimum atomic E-state index is -0.230. The lowest BCUT2D eigenvalue weighted by molar-refractivity contribution is 0.403. The molecule has 25 heavy (non-hydrogen) atoms. The Bertz CT molecular complexity index is 990. The van der Waals surface area contributed by atoms with Crippen molar-refractivity contribution in [2.24, 2.45) is 15.8 Å². The number of phenolic OH excluding ortho intramolecular Hbond substituents is 2. The van der Waals surface area contributed by atoms with Gasteiger partial charge in [-0.3, -0.25) is 0 Å². The van der Waals surface area contributed by atoms with Crippen molar-refractivity contribution < 1.29 is 10.2 Å². The first-order chi connectivity index (χ1) is 12.0. The molecule has 0 saturated heterocycles. The number of aromatic amines is 1. The molecular weight excluding hydrogens is 320 g/mol. The van der Waals surface area contributed by atoms with E-state index in [0.717, 1.165) is 16.5 Å². The number of rotatable bonds is 3. The first-order valence-electron chi connectivity index (χ1n) is 7.47. The van der Waals surface area contributed by atoms with E-state index in [4.69, 9.17) is 11.5 Å². The number of para-hydroxylation sites is 1. The molecule has 1 heterocycles. The largest absolute Gasteiger partial charge is 0.504 e. The summed E-state index contributed by atoms with van der Waals surface area (Å²) in [6, 6.07) is 10.1. The van der Waals surface area contributed by atoms with Gasteiger partial charge >= 0.3 is 0 Å². The van der Waals surface area contributed by atoms with Crippen molar-refractivity contribution in [1.29, 1.82) is 0 Å². The third-order valence-electron chi connectivity index (χ3n) is 3.69. The van der Waals surface area contributed by atoms with E-state index in [1.165, 1.54) is 18.3 Å². The molecule has 8 nitrogen and oxygen atoms in total. The van der Waals surface area contributed by atoms with Gasteiger partial charge in [-0.1, -0.05) is 18.2 Å². The lowest BCUT2D eigenvalue weighted by Gasteiger charge is -2.00. The van der Waals surface area contributed by atoms with Crippen LogP contribution in [-0.2, 0) is 0 Å². The molecule has 0 aliphatic heterocycles. The van der Waals surface area contributed by atoms with Gasteiger partial charge in [0.25, 0.3) is 0 Å². The van der Waals surface area contributed by atoms with Crippen LogP contribution in [0.5, 0.6) is 11.5 Å². The van der Waals surface area contributed by atoms with E-state index < -0.39 is 0 Å². The average molecular weight is 338 g/mol. The van der Waals surface area contributed by atoms with Crippen molar-refractivity contribution in [2.75, 3.05) is 5.73 Å². The van der Waals surface area contributed by atoms with Crippen LogP contribution in [0.3, 0.4) is 0 Å². The fourth-order valence-corrected chi connectivity index (χ4v) is 2.40. The van der Waals surface area contributed by atoms with Crippen LogP contribution >= 0.6 is 0 Å². The zero-order valence-electron chi connectivity index (χ0n) is 13.5. The smallest absolute Gasteiger partial charge is 0.216 e. The van der Waals surface area contributed by atoms with Gasteiger partial charge < -0.3 is 26.7 Å². The number of phenols is 2. The summed E-state index contributed by atoms with van der Waals surface area (Å²) in [5.74, 6) is 0.0736. The Morgan fingerprint density at radius 3 is 2.72 bits per heavy atom. The maximum atomic E-state index is 9.43. The minimum absolute atomic E-state index is 0.0511. The van der Waals surface area contributed by atoms with E-state index in [0.29, 0.717) is 17.1 Å². The molecule has 0 spiro atoms. The van der Waals surface area contributed by atoms with Crippen LogP contribution in [0.4, 0.5) is 11.5 Å². The highest BCUT2D eigenvalue weighted by molar-refractivity contribution is 6.00. The van der Waals surface area contributed by atoms with Gasteiger partial charge in [-0.15, -0.1) is 0 Å². The van der Waals surface area contributed by atoms with Crippen LogP contribution in [0.25, 0.3) is 10.9 Å². The number of H-pyrrole nitrogens is 1. The monoisotopic (exact) mass is 338 g/mol. The Morgan fingerprint density at radius 2 is 2.00 bits per heavy atom. The maximum Gasteiger partial charge on any atom is 0.216 e. The average Bonchev–Trinajstić information content (AvgIpc) is 2.89. The molecular formula is C17H18N6O2. The number of hydrogen-bond donors (Lipinski definition) is 6. The number of nitrogen functional groups attached to an aromatic ring is 1. The molecule has 0 fully saturated rings. The molecule has 0 atom stereocenters. The van der Waals surface area contributed by atoms with E-state index in [9.17, 15) is 10.2 Å². The number of hydrogen-bond acceptors (Lipinski definition) is 5. The number of aromatic hydroxyl groups is 2. The number of anilines is 1. The summed E-state index contributed by atoms with van der Waals surface area (Å²) in [5, 5.41) is 23.5. The topological polar surface area (TPSA) is 145 Å². The summed E-state index contributed by atoms with van der Waals surface area (Å²) in [6.45, 7) is 1.98. The number of nitrogens with zero attached hydrogens (tertiary/aromatic N) is 2. The minimum Gasteiger partial charge on any atom is -0.504 e. The molecule has 0 aliphatic rings. The van der Waals surface area contributed by atoms with Crippen molar-refractivity contribution >= 4 is 34.6 Å². The Morgan fingerprint density at radius 1 is 1.20 bits per heavy atom. The van der Waals surface area contributed by atoms with Crippen molar-refractivity contribution in [3.8, 4) is 11.5 Å². The molecule has 2 aromatic carbocycles. The van der Waals surface area contributed by atoms with Gasteiger partial charge in [0.1, 0.15) is 0 Å². The fourth-order valence-electron chi connectivity index (χ4n) is 2.40. The van der Waals surface area contributed by atoms with Crippen molar-refractivity contribution in [3.63, 3.8) is 0 Å². The first kappa shape index (κ1) is 16.2. The molecule has 8 heteroatoms. The molecule has 8 N–H and O–H groups in total. The van der Waals surface area contributed by atoms with Crippen molar-refractivity contribution in [2.45, 2.75) is 6.92 Å². The van der Waals surface area contributed by atoms with E-state index in [-0.39, 0.29) is 17.5 Å². The third kappa shape index (κ3) is 3.32. The van der Waals surface area contributed by atoms with Crippen LogP contribution in [0.15, 0.2) is 46.5 Å². The third-order valence-corrected chi connectivity index (χ3v) is 3.69. The summed E-state index contributed by atoms with van der Waals surface area (Å²) in [7, 11) is 0. The maximum absolute atomic E-state index is 9.43. The van der Waals surface area contributed by atoms with Gasteiger partial charge in [-0.25, -0.2) is 5.43 Å². The predicted octanol–water partition coefficient (Wildman–Crippen LogP) is 2.04. The predicted molar refractivity (Wildman–Crippen MR) is 99.2 cm³/mol. The van der Waals surface area contributed by atoms with Crippen LogP contribution < -0.4 is 16.9 Å². The molecule has 0 saturated carbocycles. The number of hydrazone groups is 1. The molecule has 3 rings (SSSR count). The highest BCUT2D eigenvalue weighted by Crippen LogP contribution is 2.32. The van der Waals surface area contributed by atoms with Crippen LogP contribution in [-0.4, -0.2) is 27.4 Å². The number of fused-ring (bicyclic) bond motifs is 1. The molecule has 1 aromatic heterocycles. The van der Waals surface area contributed by atoms with Crippen LogP contribution in [0.2, 0.25) is 0 Å². The SMILES string of the molecule is Cc1cccc2c(N)c(N=C(N)N/N=C/c3ccc(O)c(O)c3)[nH]c12. The second-order valence-corrected chi connectivity index (χ2v) is 5.50.